The Hall–Kier alpha value is -3.02. The normalized spacial score (nSPS) is 11.0. The maximum atomic E-state index is 12.9. The van der Waals surface area contributed by atoms with Gasteiger partial charge in [0.1, 0.15) is 17.1 Å². The number of fused-ring (bicyclic) bond motifs is 1. The number of amides is 1. The van der Waals surface area contributed by atoms with E-state index < -0.39 is 11.5 Å². The highest BCUT2D eigenvalue weighted by molar-refractivity contribution is 6.02. The third-order valence-corrected chi connectivity index (χ3v) is 4.36. The Morgan fingerprint density at radius 3 is 2.73 bits per heavy atom. The average molecular weight is 354 g/mol. The summed E-state index contributed by atoms with van der Waals surface area (Å²) in [5, 5.41) is 13.7. The molecular formula is C20H22N2O4. The van der Waals surface area contributed by atoms with E-state index in [0.717, 1.165) is 19.3 Å². The van der Waals surface area contributed by atoms with E-state index >= 15 is 0 Å². The number of aryl methyl sites for hydroxylation is 1. The molecule has 6 nitrogen and oxygen atoms in total. The van der Waals surface area contributed by atoms with Crippen LogP contribution in [0.2, 0.25) is 0 Å². The molecule has 26 heavy (non-hydrogen) atoms. The van der Waals surface area contributed by atoms with Crippen LogP contribution in [0.1, 0.15) is 42.3 Å². The first kappa shape index (κ1) is 17.8. The van der Waals surface area contributed by atoms with Gasteiger partial charge in [0.15, 0.2) is 0 Å². The molecule has 0 radical (unpaired) electrons. The van der Waals surface area contributed by atoms with E-state index in [2.05, 4.69) is 12.2 Å². The highest BCUT2D eigenvalue weighted by Gasteiger charge is 2.22. The lowest BCUT2D eigenvalue weighted by Gasteiger charge is -2.14. The molecule has 2 aromatic heterocycles. The van der Waals surface area contributed by atoms with Gasteiger partial charge in [0.2, 0.25) is 0 Å². The van der Waals surface area contributed by atoms with E-state index in [9.17, 15) is 14.7 Å². The molecule has 0 atom stereocenters. The quantitative estimate of drug-likeness (QED) is 0.637. The highest BCUT2D eigenvalue weighted by atomic mass is 16.3. The molecule has 1 aromatic carbocycles. The summed E-state index contributed by atoms with van der Waals surface area (Å²) in [7, 11) is 0. The Kier molecular flexibility index (Phi) is 5.41. The predicted molar refractivity (Wildman–Crippen MR) is 99.3 cm³/mol. The number of hydrogen-bond donors (Lipinski definition) is 2. The number of aromatic hydroxyl groups is 1. The minimum Gasteiger partial charge on any atom is -0.506 e. The standard InChI is InChI=1S/C20H22N2O4/c1-2-3-6-11-22-16-10-5-4-9-15(16)18(23)17(20(22)25)19(24)21-13-14-8-7-12-26-14/h4-5,7-10,12,23H,2-3,6,11,13H2,1H3,(H,21,24). The van der Waals surface area contributed by atoms with Gasteiger partial charge in [-0.25, -0.2) is 0 Å². The van der Waals surface area contributed by atoms with Crippen LogP contribution >= 0.6 is 0 Å². The molecule has 0 saturated heterocycles. The van der Waals surface area contributed by atoms with Crippen LogP contribution in [-0.2, 0) is 13.1 Å². The fourth-order valence-electron chi connectivity index (χ4n) is 3.01. The average Bonchev–Trinajstić information content (AvgIpc) is 3.16. The van der Waals surface area contributed by atoms with Gasteiger partial charge in [-0.1, -0.05) is 31.9 Å². The summed E-state index contributed by atoms with van der Waals surface area (Å²) in [6.07, 6.45) is 4.36. The number of furan rings is 1. The summed E-state index contributed by atoms with van der Waals surface area (Å²) in [5.74, 6) is -0.324. The molecule has 6 heteroatoms. The monoisotopic (exact) mass is 354 g/mol. The second-order valence-corrected chi connectivity index (χ2v) is 6.17. The molecule has 2 heterocycles. The molecule has 3 rings (SSSR count). The van der Waals surface area contributed by atoms with Gasteiger partial charge in [0, 0.05) is 11.9 Å². The number of rotatable bonds is 7. The van der Waals surface area contributed by atoms with Gasteiger partial charge < -0.3 is 19.4 Å². The van der Waals surface area contributed by atoms with Crippen LogP contribution in [-0.4, -0.2) is 15.6 Å². The molecule has 0 fully saturated rings. The summed E-state index contributed by atoms with van der Waals surface area (Å²) in [6, 6.07) is 10.5. The Labute approximate surface area is 151 Å². The van der Waals surface area contributed by atoms with Crippen molar-refractivity contribution in [2.24, 2.45) is 0 Å². The minimum atomic E-state index is -0.612. The number of unbranched alkanes of at least 4 members (excludes halogenated alkanes) is 2. The van der Waals surface area contributed by atoms with Gasteiger partial charge in [-0.05, 0) is 30.7 Å². The molecule has 0 spiro atoms. The molecule has 3 aromatic rings. The van der Waals surface area contributed by atoms with E-state index in [4.69, 9.17) is 4.42 Å². The van der Waals surface area contributed by atoms with Crippen LogP contribution in [0, 0.1) is 0 Å². The Morgan fingerprint density at radius 1 is 1.19 bits per heavy atom. The number of nitrogens with zero attached hydrogens (tertiary/aromatic N) is 1. The molecule has 0 aliphatic rings. The van der Waals surface area contributed by atoms with Gasteiger partial charge in [-0.15, -0.1) is 0 Å². The second-order valence-electron chi connectivity index (χ2n) is 6.17. The van der Waals surface area contributed by atoms with Crippen molar-refractivity contribution in [3.63, 3.8) is 0 Å². The predicted octanol–water partition coefficient (Wildman–Crippen LogP) is 3.42. The topological polar surface area (TPSA) is 84.5 Å². The van der Waals surface area contributed by atoms with E-state index in [1.807, 2.05) is 6.07 Å². The maximum absolute atomic E-state index is 12.9. The van der Waals surface area contributed by atoms with Crippen LogP contribution in [0.25, 0.3) is 10.9 Å². The van der Waals surface area contributed by atoms with Crippen molar-refractivity contribution in [3.05, 3.63) is 64.3 Å². The SMILES string of the molecule is CCCCCn1c(=O)c(C(=O)NCc2ccco2)c(O)c2ccccc21. The Balaban J connectivity index is 2.00. The number of para-hydroxylation sites is 1. The largest absolute Gasteiger partial charge is 0.506 e. The fourth-order valence-corrected chi connectivity index (χ4v) is 3.01. The van der Waals surface area contributed by atoms with E-state index in [0.29, 0.717) is 23.2 Å². The number of carbonyl (C=O) groups is 1. The molecule has 136 valence electrons. The Bertz CT molecular complexity index is 958. The molecule has 0 aliphatic carbocycles. The van der Waals surface area contributed by atoms with Gasteiger partial charge in [0.25, 0.3) is 11.5 Å². The van der Waals surface area contributed by atoms with Crippen molar-refractivity contribution >= 4 is 16.8 Å². The van der Waals surface area contributed by atoms with Crippen molar-refractivity contribution in [1.82, 2.24) is 9.88 Å². The van der Waals surface area contributed by atoms with Gasteiger partial charge in [0.05, 0.1) is 18.3 Å². The number of pyridine rings is 1. The first-order chi connectivity index (χ1) is 12.6. The third kappa shape index (κ3) is 3.49. The lowest BCUT2D eigenvalue weighted by molar-refractivity contribution is 0.0943. The molecule has 0 aliphatic heterocycles. The minimum absolute atomic E-state index is 0.146. The molecule has 1 amide bonds. The van der Waals surface area contributed by atoms with Crippen LogP contribution in [0.4, 0.5) is 0 Å². The lowest BCUT2D eigenvalue weighted by atomic mass is 10.1. The summed E-state index contributed by atoms with van der Waals surface area (Å²) >= 11 is 0. The maximum Gasteiger partial charge on any atom is 0.267 e. The first-order valence-electron chi connectivity index (χ1n) is 8.78. The number of hydrogen-bond acceptors (Lipinski definition) is 4. The van der Waals surface area contributed by atoms with Crippen molar-refractivity contribution < 1.29 is 14.3 Å². The van der Waals surface area contributed by atoms with Crippen LogP contribution in [0.15, 0.2) is 51.9 Å². The summed E-state index contributed by atoms with van der Waals surface area (Å²) < 4.78 is 6.76. The fraction of sp³-hybridized carbons (Fsp3) is 0.300. The molecule has 0 saturated carbocycles. The zero-order chi connectivity index (χ0) is 18.5. The molecule has 0 bridgehead atoms. The second kappa shape index (κ2) is 7.91. The molecule has 0 unspecified atom stereocenters. The smallest absolute Gasteiger partial charge is 0.267 e. The van der Waals surface area contributed by atoms with Crippen LogP contribution < -0.4 is 10.9 Å². The third-order valence-electron chi connectivity index (χ3n) is 4.36. The van der Waals surface area contributed by atoms with Gasteiger partial charge in [-0.2, -0.15) is 0 Å². The van der Waals surface area contributed by atoms with Crippen molar-refractivity contribution in [3.8, 4) is 5.75 Å². The number of aromatic nitrogens is 1. The zero-order valence-corrected chi connectivity index (χ0v) is 14.7. The van der Waals surface area contributed by atoms with Crippen LogP contribution in [0.3, 0.4) is 0 Å². The summed E-state index contributed by atoms with van der Waals surface area (Å²) in [5.41, 5.74) is -0.0744. The van der Waals surface area contributed by atoms with Crippen molar-refractivity contribution in [2.45, 2.75) is 39.3 Å². The summed E-state index contributed by atoms with van der Waals surface area (Å²) in [6.45, 7) is 2.74. The molecular weight excluding hydrogens is 332 g/mol. The zero-order valence-electron chi connectivity index (χ0n) is 14.7. The number of carbonyl (C=O) groups excluding carboxylic acids is 1. The van der Waals surface area contributed by atoms with E-state index in [1.165, 1.54) is 6.26 Å². The Morgan fingerprint density at radius 2 is 2.00 bits per heavy atom. The van der Waals surface area contributed by atoms with Gasteiger partial charge >= 0.3 is 0 Å². The number of nitrogens with one attached hydrogen (secondary N) is 1. The van der Waals surface area contributed by atoms with Gasteiger partial charge in [-0.3, -0.25) is 9.59 Å². The van der Waals surface area contributed by atoms with Crippen LogP contribution in [0.5, 0.6) is 5.75 Å². The lowest BCUT2D eigenvalue weighted by Crippen LogP contribution is -2.33. The van der Waals surface area contributed by atoms with Crippen molar-refractivity contribution in [1.29, 1.82) is 0 Å². The molecule has 2 N–H and O–H groups in total. The summed E-state index contributed by atoms with van der Waals surface area (Å²) in [4.78, 5) is 25.5. The van der Waals surface area contributed by atoms with E-state index in [-0.39, 0.29) is 17.9 Å². The number of benzene rings is 1. The first-order valence-corrected chi connectivity index (χ1v) is 8.78. The van der Waals surface area contributed by atoms with Crippen molar-refractivity contribution in [2.75, 3.05) is 0 Å². The van der Waals surface area contributed by atoms with E-state index in [1.54, 1.807) is 34.9 Å². The highest BCUT2D eigenvalue weighted by Crippen LogP contribution is 2.26.